The molecular weight excluding hydrogens is 288 g/mol. The summed E-state index contributed by atoms with van der Waals surface area (Å²) in [5.41, 5.74) is 1.03. The lowest BCUT2D eigenvalue weighted by molar-refractivity contribution is -0.136. The molecule has 0 bridgehead atoms. The molecule has 3 rings (SSSR count). The Morgan fingerprint density at radius 2 is 2.00 bits per heavy atom. The van der Waals surface area contributed by atoms with Gasteiger partial charge in [0.15, 0.2) is 0 Å². The van der Waals surface area contributed by atoms with Crippen LogP contribution in [0.1, 0.15) is 39.1 Å². The quantitative estimate of drug-likeness (QED) is 0.779. The van der Waals surface area contributed by atoms with Gasteiger partial charge in [-0.25, -0.2) is 4.79 Å². The predicted octanol–water partition coefficient (Wildman–Crippen LogP) is 0.617. The first-order valence-corrected chi connectivity index (χ1v) is 6.64. The Balaban J connectivity index is 1.98. The van der Waals surface area contributed by atoms with Crippen molar-refractivity contribution in [1.82, 2.24) is 10.2 Å². The first kappa shape index (κ1) is 14.0. The van der Waals surface area contributed by atoms with Crippen molar-refractivity contribution in [3.05, 3.63) is 41.5 Å². The van der Waals surface area contributed by atoms with Gasteiger partial charge in [0.1, 0.15) is 6.04 Å². The van der Waals surface area contributed by atoms with Crippen molar-refractivity contribution in [2.24, 2.45) is 0 Å². The second-order valence-corrected chi connectivity index (χ2v) is 5.15. The largest absolute Gasteiger partial charge is 0.478 e. The number of piperidine rings is 1. The van der Waals surface area contributed by atoms with E-state index >= 15 is 0 Å². The van der Waals surface area contributed by atoms with Crippen LogP contribution in [0.5, 0.6) is 0 Å². The third-order valence-corrected chi connectivity index (χ3v) is 3.84. The summed E-state index contributed by atoms with van der Waals surface area (Å²) in [7, 11) is 0. The van der Waals surface area contributed by atoms with Gasteiger partial charge >= 0.3 is 5.97 Å². The van der Waals surface area contributed by atoms with Crippen LogP contribution in [0.25, 0.3) is 5.70 Å². The van der Waals surface area contributed by atoms with Crippen LogP contribution in [0.15, 0.2) is 24.8 Å². The van der Waals surface area contributed by atoms with Crippen molar-refractivity contribution >= 4 is 29.4 Å². The molecule has 0 saturated carbocycles. The number of carboxylic acid groups (broad SMARTS) is 1. The summed E-state index contributed by atoms with van der Waals surface area (Å²) in [6.07, 6.45) is 0.361. The molecule has 1 unspecified atom stereocenters. The van der Waals surface area contributed by atoms with Crippen molar-refractivity contribution < 1.29 is 24.3 Å². The van der Waals surface area contributed by atoms with E-state index in [0.29, 0.717) is 11.3 Å². The Kier molecular flexibility index (Phi) is 3.05. The zero-order valence-corrected chi connectivity index (χ0v) is 11.5. The highest BCUT2D eigenvalue weighted by atomic mass is 16.4. The molecule has 1 aromatic carbocycles. The highest BCUT2D eigenvalue weighted by Crippen LogP contribution is 2.35. The fourth-order valence-electron chi connectivity index (χ4n) is 2.75. The van der Waals surface area contributed by atoms with E-state index in [1.807, 2.05) is 0 Å². The molecule has 22 heavy (non-hydrogen) atoms. The molecule has 0 radical (unpaired) electrons. The van der Waals surface area contributed by atoms with Gasteiger partial charge in [-0.15, -0.1) is 0 Å². The molecule has 2 aliphatic heterocycles. The topological polar surface area (TPSA) is 104 Å². The van der Waals surface area contributed by atoms with E-state index in [1.54, 1.807) is 0 Å². The van der Waals surface area contributed by atoms with Crippen molar-refractivity contribution in [3.63, 3.8) is 0 Å². The molecule has 7 heteroatoms. The molecular formula is C15H12N2O5. The number of amides is 3. The normalized spacial score (nSPS) is 20.9. The molecule has 1 atom stereocenters. The summed E-state index contributed by atoms with van der Waals surface area (Å²) >= 11 is 0. The molecule has 1 saturated heterocycles. The fourth-order valence-corrected chi connectivity index (χ4v) is 2.75. The number of imide groups is 1. The number of hydrogen-bond acceptors (Lipinski definition) is 4. The van der Waals surface area contributed by atoms with Gasteiger partial charge in [0.05, 0.1) is 11.1 Å². The average molecular weight is 300 g/mol. The van der Waals surface area contributed by atoms with Crippen LogP contribution in [0, 0.1) is 0 Å². The van der Waals surface area contributed by atoms with Gasteiger partial charge in [0, 0.05) is 17.7 Å². The molecule has 0 spiro atoms. The number of fused-ring (bicyclic) bond motifs is 1. The molecule has 1 fully saturated rings. The molecule has 2 aliphatic rings. The summed E-state index contributed by atoms with van der Waals surface area (Å²) in [6.45, 7) is 3.82. The minimum Gasteiger partial charge on any atom is -0.478 e. The lowest BCUT2D eigenvalue weighted by Gasteiger charge is -2.30. The van der Waals surface area contributed by atoms with Crippen molar-refractivity contribution in [3.8, 4) is 0 Å². The highest BCUT2D eigenvalue weighted by molar-refractivity contribution is 6.13. The summed E-state index contributed by atoms with van der Waals surface area (Å²) < 4.78 is 0. The molecule has 3 amide bonds. The lowest BCUT2D eigenvalue weighted by Crippen LogP contribution is -2.52. The Bertz CT molecular complexity index is 752. The monoisotopic (exact) mass is 300 g/mol. The number of carbonyl (C=O) groups is 4. The number of rotatable bonds is 2. The van der Waals surface area contributed by atoms with E-state index in [4.69, 9.17) is 5.11 Å². The number of benzene rings is 1. The minimum absolute atomic E-state index is 0.00924. The van der Waals surface area contributed by atoms with E-state index in [1.165, 1.54) is 23.1 Å². The number of carbonyl (C=O) groups excluding carboxylic acids is 3. The standard InChI is InChI=1S/C15H12N2O5/c1-7-9-3-2-8(15(21)22)6-10(9)14(20)17(7)11-4-5-12(18)16-13(11)19/h2-3,6,11H,1,4-5H2,(H,21,22)(H,16,18,19). The predicted molar refractivity (Wildman–Crippen MR) is 74.8 cm³/mol. The van der Waals surface area contributed by atoms with Crippen LogP contribution in [0.4, 0.5) is 0 Å². The van der Waals surface area contributed by atoms with E-state index in [2.05, 4.69) is 11.9 Å². The number of carboxylic acids is 1. The maximum Gasteiger partial charge on any atom is 0.335 e. The van der Waals surface area contributed by atoms with Gasteiger partial charge in [-0.05, 0) is 18.6 Å². The van der Waals surface area contributed by atoms with Gasteiger partial charge in [0.25, 0.3) is 5.91 Å². The minimum atomic E-state index is -1.14. The maximum absolute atomic E-state index is 12.5. The average Bonchev–Trinajstić information content (AvgIpc) is 2.71. The molecule has 7 nitrogen and oxygen atoms in total. The Labute approximate surface area is 125 Å². The van der Waals surface area contributed by atoms with E-state index in [-0.39, 0.29) is 29.9 Å². The zero-order chi connectivity index (χ0) is 16.0. The summed E-state index contributed by atoms with van der Waals surface area (Å²) in [5, 5.41) is 11.2. The van der Waals surface area contributed by atoms with Gasteiger partial charge in [0.2, 0.25) is 11.8 Å². The van der Waals surface area contributed by atoms with Gasteiger partial charge in [-0.2, -0.15) is 0 Å². The Morgan fingerprint density at radius 1 is 1.27 bits per heavy atom. The molecule has 112 valence electrons. The molecule has 0 aliphatic carbocycles. The lowest BCUT2D eigenvalue weighted by atomic mass is 10.0. The summed E-state index contributed by atoms with van der Waals surface area (Å²) in [5.74, 6) is -2.53. The summed E-state index contributed by atoms with van der Waals surface area (Å²) in [4.78, 5) is 47.9. The number of nitrogens with one attached hydrogen (secondary N) is 1. The van der Waals surface area contributed by atoms with E-state index in [9.17, 15) is 19.2 Å². The third kappa shape index (κ3) is 1.98. The second kappa shape index (κ2) is 4.80. The van der Waals surface area contributed by atoms with Gasteiger partial charge in [-0.1, -0.05) is 12.6 Å². The third-order valence-electron chi connectivity index (χ3n) is 3.84. The van der Waals surface area contributed by atoms with Crippen molar-refractivity contribution in [2.45, 2.75) is 18.9 Å². The first-order chi connectivity index (χ1) is 10.4. The molecule has 2 heterocycles. The SMILES string of the molecule is C=C1c2ccc(C(=O)O)cc2C(=O)N1C1CCC(=O)NC1=O. The fraction of sp³-hybridized carbons (Fsp3) is 0.200. The van der Waals surface area contributed by atoms with Crippen LogP contribution in [0.2, 0.25) is 0 Å². The van der Waals surface area contributed by atoms with Crippen LogP contribution < -0.4 is 5.32 Å². The first-order valence-electron chi connectivity index (χ1n) is 6.64. The van der Waals surface area contributed by atoms with Crippen LogP contribution in [0.3, 0.4) is 0 Å². The summed E-state index contributed by atoms with van der Waals surface area (Å²) in [6, 6.07) is 3.36. The Morgan fingerprint density at radius 3 is 2.64 bits per heavy atom. The van der Waals surface area contributed by atoms with Crippen LogP contribution in [-0.2, 0) is 9.59 Å². The zero-order valence-electron chi connectivity index (χ0n) is 11.5. The molecule has 0 aromatic heterocycles. The molecule has 1 aromatic rings. The number of nitrogens with zero attached hydrogens (tertiary/aromatic N) is 1. The second-order valence-electron chi connectivity index (χ2n) is 5.15. The Hall–Kier alpha value is -2.96. The van der Waals surface area contributed by atoms with Gasteiger partial charge < -0.3 is 5.11 Å². The van der Waals surface area contributed by atoms with Crippen LogP contribution >= 0.6 is 0 Å². The number of aromatic carboxylic acids is 1. The van der Waals surface area contributed by atoms with Gasteiger partial charge in [-0.3, -0.25) is 24.6 Å². The van der Waals surface area contributed by atoms with Crippen molar-refractivity contribution in [2.75, 3.05) is 0 Å². The van der Waals surface area contributed by atoms with E-state index in [0.717, 1.165) is 0 Å². The highest BCUT2D eigenvalue weighted by Gasteiger charge is 2.41. The van der Waals surface area contributed by atoms with Crippen molar-refractivity contribution in [1.29, 1.82) is 0 Å². The number of hydrogen-bond donors (Lipinski definition) is 2. The molecule has 2 N–H and O–H groups in total. The van der Waals surface area contributed by atoms with Crippen LogP contribution in [-0.4, -0.2) is 39.7 Å². The maximum atomic E-state index is 12.5. The van der Waals surface area contributed by atoms with E-state index < -0.39 is 23.8 Å². The smallest absolute Gasteiger partial charge is 0.335 e.